The van der Waals surface area contributed by atoms with Crippen molar-refractivity contribution < 1.29 is 27.8 Å². The Morgan fingerprint density at radius 3 is 1.57 bits per heavy atom. The summed E-state index contributed by atoms with van der Waals surface area (Å²) in [6.45, 7) is 18.4. The van der Waals surface area contributed by atoms with Gasteiger partial charge in [0.1, 0.15) is 47.6 Å². The molecule has 10 heteroatoms. The Hall–Kier alpha value is -4.70. The highest BCUT2D eigenvalue weighted by Gasteiger charge is 2.20. The molecule has 0 radical (unpaired) electrons. The number of nitriles is 2. The van der Waals surface area contributed by atoms with Gasteiger partial charge in [-0.05, 0) is 80.2 Å². The molecule has 2 aromatic rings. The summed E-state index contributed by atoms with van der Waals surface area (Å²) >= 11 is 0. The molecular formula is C37H46F2N4O4. The van der Waals surface area contributed by atoms with Gasteiger partial charge >= 0.3 is 11.9 Å². The smallest absolute Gasteiger partial charge is 0.349 e. The van der Waals surface area contributed by atoms with Crippen LogP contribution in [0.3, 0.4) is 0 Å². The van der Waals surface area contributed by atoms with Crippen LogP contribution in [0.5, 0.6) is 0 Å². The molecule has 0 aliphatic rings. The molecule has 47 heavy (non-hydrogen) atoms. The van der Waals surface area contributed by atoms with E-state index in [1.165, 1.54) is 31.2 Å². The summed E-state index contributed by atoms with van der Waals surface area (Å²) in [6.07, 6.45) is 1.19. The van der Waals surface area contributed by atoms with Crippen LogP contribution in [0.25, 0.3) is 12.2 Å². The SMILES string of the molecule is CCN(CC(C)C)c1ccc(/C=C(\C#N)C(=O)OC(C)COC(=O)/C(C#N)=C/c2ccc(N(CC(C)C)CC(C)C)cc2F)c(F)c1. The molecule has 0 bridgehead atoms. The minimum atomic E-state index is -1.03. The number of ether oxygens (including phenoxy) is 2. The van der Waals surface area contributed by atoms with E-state index < -0.39 is 47.4 Å². The zero-order valence-corrected chi connectivity index (χ0v) is 28.6. The molecule has 0 aliphatic heterocycles. The van der Waals surface area contributed by atoms with Gasteiger partial charge in [-0.3, -0.25) is 0 Å². The molecule has 0 spiro atoms. The minimum Gasteiger partial charge on any atom is -0.458 e. The highest BCUT2D eigenvalue weighted by molar-refractivity contribution is 5.99. The predicted molar refractivity (Wildman–Crippen MR) is 181 cm³/mol. The molecule has 2 rings (SSSR count). The fourth-order valence-electron chi connectivity index (χ4n) is 4.82. The number of halogens is 2. The fraction of sp³-hybridized carbons (Fsp3) is 0.459. The van der Waals surface area contributed by atoms with Crippen LogP contribution in [0.2, 0.25) is 0 Å². The lowest BCUT2D eigenvalue weighted by molar-refractivity contribution is -0.152. The zero-order chi connectivity index (χ0) is 35.3. The summed E-state index contributed by atoms with van der Waals surface area (Å²) in [5, 5.41) is 19.1. The lowest BCUT2D eigenvalue weighted by Gasteiger charge is -2.28. The third-order valence-electron chi connectivity index (χ3n) is 6.87. The second kappa shape index (κ2) is 18.4. The molecule has 0 saturated heterocycles. The average molecular weight is 649 g/mol. The maximum Gasteiger partial charge on any atom is 0.349 e. The molecule has 0 N–H and O–H groups in total. The third kappa shape index (κ3) is 12.2. The molecular weight excluding hydrogens is 602 g/mol. The Morgan fingerprint density at radius 2 is 1.17 bits per heavy atom. The predicted octanol–water partition coefficient (Wildman–Crippen LogP) is 7.55. The zero-order valence-electron chi connectivity index (χ0n) is 28.6. The van der Waals surface area contributed by atoms with Gasteiger partial charge in [-0.25, -0.2) is 18.4 Å². The van der Waals surface area contributed by atoms with Crippen molar-refractivity contribution in [3.05, 3.63) is 70.3 Å². The van der Waals surface area contributed by atoms with Gasteiger partial charge in [-0.15, -0.1) is 0 Å². The van der Waals surface area contributed by atoms with E-state index in [9.17, 15) is 24.5 Å². The van der Waals surface area contributed by atoms with Crippen molar-refractivity contribution in [1.29, 1.82) is 10.5 Å². The first-order valence-electron chi connectivity index (χ1n) is 15.9. The quantitative estimate of drug-likeness (QED) is 0.104. The second-order valence-electron chi connectivity index (χ2n) is 12.7. The molecule has 0 aliphatic carbocycles. The van der Waals surface area contributed by atoms with Gasteiger partial charge in [0.2, 0.25) is 0 Å². The Kier molecular flexibility index (Phi) is 15.1. The lowest BCUT2D eigenvalue weighted by Crippen LogP contribution is -2.31. The van der Waals surface area contributed by atoms with E-state index in [-0.39, 0.29) is 11.1 Å². The van der Waals surface area contributed by atoms with Gasteiger partial charge in [0, 0.05) is 48.7 Å². The van der Waals surface area contributed by atoms with E-state index in [0.717, 1.165) is 31.8 Å². The van der Waals surface area contributed by atoms with Crippen LogP contribution in [-0.4, -0.2) is 50.8 Å². The molecule has 8 nitrogen and oxygen atoms in total. The molecule has 252 valence electrons. The topological polar surface area (TPSA) is 107 Å². The van der Waals surface area contributed by atoms with Crippen LogP contribution in [0.4, 0.5) is 20.2 Å². The lowest BCUT2D eigenvalue weighted by atomic mass is 10.1. The number of hydrogen-bond acceptors (Lipinski definition) is 8. The summed E-state index contributed by atoms with van der Waals surface area (Å²) in [6, 6.07) is 12.6. The number of benzene rings is 2. The van der Waals surface area contributed by atoms with E-state index in [1.807, 2.05) is 11.8 Å². The summed E-state index contributed by atoms with van der Waals surface area (Å²) in [5.74, 6) is -2.14. The van der Waals surface area contributed by atoms with Crippen molar-refractivity contribution in [2.45, 2.75) is 61.5 Å². The number of hydrogen-bond donors (Lipinski definition) is 0. The largest absolute Gasteiger partial charge is 0.458 e. The van der Waals surface area contributed by atoms with Crippen LogP contribution in [0.15, 0.2) is 47.5 Å². The van der Waals surface area contributed by atoms with Gasteiger partial charge in [0.05, 0.1) is 0 Å². The second-order valence-corrected chi connectivity index (χ2v) is 12.7. The summed E-state index contributed by atoms with van der Waals surface area (Å²) in [5.41, 5.74) is 0.590. The van der Waals surface area contributed by atoms with E-state index in [0.29, 0.717) is 35.7 Å². The van der Waals surface area contributed by atoms with E-state index in [2.05, 4.69) is 46.4 Å². The van der Waals surface area contributed by atoms with Crippen molar-refractivity contribution in [2.24, 2.45) is 17.8 Å². The number of carbonyl (C=O) groups is 2. The average Bonchev–Trinajstić information content (AvgIpc) is 3.00. The molecule has 0 saturated carbocycles. The Balaban J connectivity index is 2.09. The maximum atomic E-state index is 15.1. The molecule has 0 aromatic heterocycles. The Morgan fingerprint density at radius 1 is 0.745 bits per heavy atom. The first kappa shape index (κ1) is 38.5. The minimum absolute atomic E-state index is 0.0403. The van der Waals surface area contributed by atoms with Crippen LogP contribution in [-0.2, 0) is 19.1 Å². The first-order valence-corrected chi connectivity index (χ1v) is 15.9. The molecule has 1 unspecified atom stereocenters. The number of nitrogens with zero attached hydrogens (tertiary/aromatic N) is 4. The van der Waals surface area contributed by atoms with Crippen LogP contribution in [0.1, 0.15) is 66.5 Å². The number of esters is 2. The normalized spacial score (nSPS) is 12.5. The number of carbonyl (C=O) groups excluding carboxylic acids is 2. The van der Waals surface area contributed by atoms with Gasteiger partial charge in [0.15, 0.2) is 0 Å². The van der Waals surface area contributed by atoms with Crippen molar-refractivity contribution in [3.63, 3.8) is 0 Å². The van der Waals surface area contributed by atoms with Crippen molar-refractivity contribution in [3.8, 4) is 12.1 Å². The standard InChI is InChI=1S/C37H46F2N4O4/c1-9-42(20-24(2)3)32-12-10-29(34(38)16-32)15-31(19-41)37(45)47-27(8)23-46-36(44)30(18-40)14-28-11-13-33(17-35(28)39)43(21-25(4)5)22-26(6)7/h10-17,24-27H,9,20-23H2,1-8H3/b30-14+,31-15+. The molecule has 0 amide bonds. The molecule has 2 aromatic carbocycles. The van der Waals surface area contributed by atoms with E-state index in [1.54, 1.807) is 24.3 Å². The van der Waals surface area contributed by atoms with Crippen molar-refractivity contribution >= 4 is 35.5 Å². The van der Waals surface area contributed by atoms with Gasteiger partial charge in [-0.1, -0.05) is 41.5 Å². The molecule has 0 heterocycles. The Bertz CT molecular complexity index is 1530. The third-order valence-corrected chi connectivity index (χ3v) is 6.87. The summed E-state index contributed by atoms with van der Waals surface area (Å²) < 4.78 is 40.3. The highest BCUT2D eigenvalue weighted by atomic mass is 19.1. The van der Waals surface area contributed by atoms with E-state index >= 15 is 4.39 Å². The summed E-state index contributed by atoms with van der Waals surface area (Å²) in [4.78, 5) is 29.4. The number of rotatable bonds is 16. The first-order chi connectivity index (χ1) is 22.2. The van der Waals surface area contributed by atoms with Crippen molar-refractivity contribution in [1.82, 2.24) is 0 Å². The number of anilines is 2. The van der Waals surface area contributed by atoms with Gasteiger partial charge < -0.3 is 19.3 Å². The fourth-order valence-corrected chi connectivity index (χ4v) is 4.82. The van der Waals surface area contributed by atoms with Crippen LogP contribution >= 0.6 is 0 Å². The van der Waals surface area contributed by atoms with Crippen LogP contribution in [0, 0.1) is 52.1 Å². The van der Waals surface area contributed by atoms with Gasteiger partial charge in [0.25, 0.3) is 0 Å². The molecule has 1 atom stereocenters. The Labute approximate surface area is 277 Å². The highest BCUT2D eigenvalue weighted by Crippen LogP contribution is 2.24. The van der Waals surface area contributed by atoms with Crippen LogP contribution < -0.4 is 9.80 Å². The van der Waals surface area contributed by atoms with Gasteiger partial charge in [-0.2, -0.15) is 10.5 Å². The molecule has 0 fully saturated rings. The maximum absolute atomic E-state index is 15.1. The van der Waals surface area contributed by atoms with Crippen molar-refractivity contribution in [2.75, 3.05) is 42.6 Å². The van der Waals surface area contributed by atoms with E-state index in [4.69, 9.17) is 9.47 Å². The summed E-state index contributed by atoms with van der Waals surface area (Å²) in [7, 11) is 0. The monoisotopic (exact) mass is 648 g/mol.